The summed E-state index contributed by atoms with van der Waals surface area (Å²) in [6.45, 7) is 7.64. The highest BCUT2D eigenvalue weighted by Gasteiger charge is 2.13. The first kappa shape index (κ1) is 13.0. The first-order chi connectivity index (χ1) is 8.04. The van der Waals surface area contributed by atoms with Crippen molar-refractivity contribution in [2.24, 2.45) is 0 Å². The van der Waals surface area contributed by atoms with Gasteiger partial charge in [0.25, 0.3) is 0 Å². The van der Waals surface area contributed by atoms with E-state index in [1.807, 2.05) is 19.9 Å². The quantitative estimate of drug-likeness (QED) is 0.600. The number of hydrogen-bond donors (Lipinski definition) is 2. The Morgan fingerprint density at radius 2 is 2.00 bits per heavy atom. The molecule has 1 rings (SSSR count). The number of nitrogens with one attached hydrogen (secondary N) is 2. The van der Waals surface area contributed by atoms with E-state index in [4.69, 9.17) is 4.42 Å². The first-order valence-electron chi connectivity index (χ1n) is 5.27. The second-order valence-electron chi connectivity index (χ2n) is 3.62. The highest BCUT2D eigenvalue weighted by Crippen LogP contribution is 2.12. The Morgan fingerprint density at radius 3 is 2.53 bits per heavy atom. The van der Waals surface area contributed by atoms with Gasteiger partial charge in [-0.05, 0) is 19.9 Å². The lowest BCUT2D eigenvalue weighted by atomic mass is 10.2. The molecule has 2 N–H and O–H groups in total. The molecule has 1 aromatic rings. The van der Waals surface area contributed by atoms with Crippen molar-refractivity contribution < 1.29 is 14.0 Å². The minimum absolute atomic E-state index is 0.274. The van der Waals surface area contributed by atoms with Gasteiger partial charge in [-0.25, -0.2) is 0 Å². The Labute approximate surface area is 99.9 Å². The van der Waals surface area contributed by atoms with E-state index in [9.17, 15) is 9.59 Å². The van der Waals surface area contributed by atoms with Crippen molar-refractivity contribution in [3.05, 3.63) is 35.8 Å². The predicted octanol–water partition coefficient (Wildman–Crippen LogP) is 0.815. The van der Waals surface area contributed by atoms with Gasteiger partial charge < -0.3 is 15.1 Å². The van der Waals surface area contributed by atoms with Gasteiger partial charge in [0.05, 0.1) is 0 Å². The monoisotopic (exact) mass is 236 g/mol. The van der Waals surface area contributed by atoms with Crippen molar-refractivity contribution in [3.63, 3.8) is 0 Å². The summed E-state index contributed by atoms with van der Waals surface area (Å²) in [5, 5.41) is 4.91. The highest BCUT2D eigenvalue weighted by atomic mass is 16.3. The van der Waals surface area contributed by atoms with Crippen LogP contribution in [0.15, 0.2) is 23.1 Å². The van der Waals surface area contributed by atoms with Crippen LogP contribution < -0.4 is 10.6 Å². The third kappa shape index (κ3) is 3.79. The van der Waals surface area contributed by atoms with E-state index in [0.29, 0.717) is 0 Å². The molecule has 2 amide bonds. The van der Waals surface area contributed by atoms with E-state index >= 15 is 0 Å². The molecule has 0 unspecified atom stereocenters. The number of amides is 2. The number of hydrogen-bond acceptors (Lipinski definition) is 3. The fourth-order valence-corrected chi connectivity index (χ4v) is 1.36. The Balaban J connectivity index is 2.45. The molecule has 0 radical (unpaired) electrons. The zero-order valence-corrected chi connectivity index (χ0v) is 10.0. The molecule has 0 saturated heterocycles. The SMILES string of the molecule is C=CCNC(=O)C(=O)NCc1cc(C)oc1C. The maximum Gasteiger partial charge on any atom is 0.309 e. The summed E-state index contributed by atoms with van der Waals surface area (Å²) >= 11 is 0. The van der Waals surface area contributed by atoms with Crippen LogP contribution in [0.3, 0.4) is 0 Å². The normalized spacial score (nSPS) is 9.76. The smallest absolute Gasteiger partial charge is 0.309 e. The van der Waals surface area contributed by atoms with Crippen LogP contribution in [0.25, 0.3) is 0 Å². The van der Waals surface area contributed by atoms with Gasteiger partial charge in [-0.2, -0.15) is 0 Å². The van der Waals surface area contributed by atoms with Crippen molar-refractivity contribution in [2.75, 3.05) is 6.54 Å². The van der Waals surface area contributed by atoms with E-state index in [0.717, 1.165) is 17.1 Å². The number of furan rings is 1. The molecule has 0 aromatic carbocycles. The Morgan fingerprint density at radius 1 is 1.35 bits per heavy atom. The lowest BCUT2D eigenvalue weighted by Gasteiger charge is -2.03. The van der Waals surface area contributed by atoms with Crippen molar-refractivity contribution >= 4 is 11.8 Å². The summed E-state index contributed by atoms with van der Waals surface area (Å²) < 4.78 is 5.31. The fraction of sp³-hybridized carbons (Fsp3) is 0.333. The molecule has 17 heavy (non-hydrogen) atoms. The Hall–Kier alpha value is -2.04. The van der Waals surface area contributed by atoms with Gasteiger partial charge in [0.15, 0.2) is 0 Å². The predicted molar refractivity (Wildman–Crippen MR) is 63.2 cm³/mol. The van der Waals surface area contributed by atoms with Gasteiger partial charge in [-0.3, -0.25) is 9.59 Å². The van der Waals surface area contributed by atoms with Crippen LogP contribution >= 0.6 is 0 Å². The third-order valence-corrected chi connectivity index (χ3v) is 2.20. The number of aryl methyl sites for hydroxylation is 2. The largest absolute Gasteiger partial charge is 0.466 e. The first-order valence-corrected chi connectivity index (χ1v) is 5.27. The minimum atomic E-state index is -0.664. The van der Waals surface area contributed by atoms with Crippen LogP contribution in [0.1, 0.15) is 17.1 Å². The molecule has 0 aliphatic carbocycles. The molecular weight excluding hydrogens is 220 g/mol. The molecule has 0 aliphatic rings. The number of carbonyl (C=O) groups is 2. The summed E-state index contributed by atoms with van der Waals surface area (Å²) in [5.41, 5.74) is 0.868. The highest BCUT2D eigenvalue weighted by molar-refractivity contribution is 6.35. The average Bonchev–Trinajstić information content (AvgIpc) is 2.61. The summed E-state index contributed by atoms with van der Waals surface area (Å²) in [5.74, 6) is 0.199. The molecule has 0 saturated carbocycles. The second kappa shape index (κ2) is 5.89. The molecule has 0 bridgehead atoms. The summed E-state index contributed by atoms with van der Waals surface area (Å²) in [4.78, 5) is 22.6. The van der Waals surface area contributed by atoms with Gasteiger partial charge in [-0.15, -0.1) is 6.58 Å². The van der Waals surface area contributed by atoms with Gasteiger partial charge in [0, 0.05) is 18.7 Å². The summed E-state index contributed by atoms with van der Waals surface area (Å²) in [6.07, 6.45) is 1.51. The van der Waals surface area contributed by atoms with Crippen molar-refractivity contribution in [1.82, 2.24) is 10.6 Å². The Bertz CT molecular complexity index is 435. The topological polar surface area (TPSA) is 71.3 Å². The lowest BCUT2D eigenvalue weighted by molar-refractivity contribution is -0.139. The zero-order valence-electron chi connectivity index (χ0n) is 10.0. The maximum atomic E-state index is 11.4. The van der Waals surface area contributed by atoms with Crippen LogP contribution in [-0.2, 0) is 16.1 Å². The Kier molecular flexibility index (Phi) is 4.51. The lowest BCUT2D eigenvalue weighted by Crippen LogP contribution is -2.39. The van der Waals surface area contributed by atoms with E-state index in [1.165, 1.54) is 6.08 Å². The zero-order chi connectivity index (χ0) is 12.8. The van der Waals surface area contributed by atoms with Crippen LogP contribution in [0.5, 0.6) is 0 Å². The van der Waals surface area contributed by atoms with E-state index < -0.39 is 11.8 Å². The van der Waals surface area contributed by atoms with Gasteiger partial charge in [0.1, 0.15) is 11.5 Å². The molecule has 0 spiro atoms. The van der Waals surface area contributed by atoms with E-state index in [1.54, 1.807) is 0 Å². The van der Waals surface area contributed by atoms with Crippen LogP contribution in [0.2, 0.25) is 0 Å². The van der Waals surface area contributed by atoms with Crippen molar-refractivity contribution in [1.29, 1.82) is 0 Å². The van der Waals surface area contributed by atoms with Crippen LogP contribution in [-0.4, -0.2) is 18.4 Å². The molecule has 92 valence electrons. The molecule has 0 fully saturated rings. The van der Waals surface area contributed by atoms with Crippen molar-refractivity contribution in [2.45, 2.75) is 20.4 Å². The van der Waals surface area contributed by atoms with E-state index in [2.05, 4.69) is 17.2 Å². The fourth-order valence-electron chi connectivity index (χ4n) is 1.36. The van der Waals surface area contributed by atoms with Crippen LogP contribution in [0, 0.1) is 13.8 Å². The van der Waals surface area contributed by atoms with Gasteiger partial charge in [-0.1, -0.05) is 6.08 Å². The standard InChI is InChI=1S/C12H16N2O3/c1-4-5-13-11(15)12(16)14-7-10-6-8(2)17-9(10)3/h4,6H,1,5,7H2,2-3H3,(H,13,15)(H,14,16). The molecule has 1 heterocycles. The second-order valence-corrected chi connectivity index (χ2v) is 3.62. The van der Waals surface area contributed by atoms with Crippen LogP contribution in [0.4, 0.5) is 0 Å². The average molecular weight is 236 g/mol. The minimum Gasteiger partial charge on any atom is -0.466 e. The summed E-state index contributed by atoms with van der Waals surface area (Å²) in [6, 6.07) is 1.83. The van der Waals surface area contributed by atoms with Gasteiger partial charge in [0.2, 0.25) is 0 Å². The molecule has 1 aromatic heterocycles. The van der Waals surface area contributed by atoms with Crippen molar-refractivity contribution in [3.8, 4) is 0 Å². The third-order valence-electron chi connectivity index (χ3n) is 2.20. The molecule has 5 nitrogen and oxygen atoms in total. The molecule has 5 heteroatoms. The molecular formula is C12H16N2O3. The van der Waals surface area contributed by atoms with Gasteiger partial charge >= 0.3 is 11.8 Å². The maximum absolute atomic E-state index is 11.4. The molecule has 0 atom stereocenters. The number of rotatable bonds is 4. The van der Waals surface area contributed by atoms with E-state index in [-0.39, 0.29) is 13.1 Å². The molecule has 0 aliphatic heterocycles. The number of carbonyl (C=O) groups excluding carboxylic acids is 2. The summed E-state index contributed by atoms with van der Waals surface area (Å²) in [7, 11) is 0.